The van der Waals surface area contributed by atoms with Gasteiger partial charge in [0.25, 0.3) is 0 Å². The van der Waals surface area contributed by atoms with Crippen molar-refractivity contribution in [2.24, 2.45) is 0 Å². The van der Waals surface area contributed by atoms with Crippen molar-refractivity contribution in [1.82, 2.24) is 21.9 Å². The second-order valence-corrected chi connectivity index (χ2v) is 3.12. The van der Waals surface area contributed by atoms with Gasteiger partial charge in [0.05, 0.1) is 9.81 Å². The molecule has 10 heteroatoms. The fourth-order valence-electron chi connectivity index (χ4n) is 1.37. The quantitative estimate of drug-likeness (QED) is 0.360. The van der Waals surface area contributed by atoms with Gasteiger partial charge in [0.1, 0.15) is 16.2 Å². The minimum Gasteiger partial charge on any atom is -0.265 e. The van der Waals surface area contributed by atoms with Gasteiger partial charge in [-0.15, -0.1) is 0 Å². The number of rotatable bonds is 2. The van der Waals surface area contributed by atoms with E-state index < -0.39 is 23.9 Å². The van der Waals surface area contributed by atoms with Crippen molar-refractivity contribution in [2.45, 2.75) is 18.5 Å². The van der Waals surface area contributed by atoms with Crippen molar-refractivity contribution in [3.63, 3.8) is 0 Å². The first-order valence-electron chi connectivity index (χ1n) is 4.13. The average molecular weight is 216 g/mol. The lowest BCUT2D eigenvalue weighted by Crippen LogP contribution is -2.37. The fourth-order valence-corrected chi connectivity index (χ4v) is 1.37. The molecule has 4 N–H and O–H groups in total. The van der Waals surface area contributed by atoms with Crippen LogP contribution in [0.3, 0.4) is 0 Å². The van der Waals surface area contributed by atoms with E-state index in [1.165, 1.54) is 0 Å². The van der Waals surface area contributed by atoms with Crippen molar-refractivity contribution < 1.29 is 19.3 Å². The maximum Gasteiger partial charge on any atom is 0.322 e. The maximum atomic E-state index is 11.1. The molecule has 2 atom stereocenters. The van der Waals surface area contributed by atoms with Gasteiger partial charge in [0.15, 0.2) is 0 Å². The summed E-state index contributed by atoms with van der Waals surface area (Å²) < 4.78 is 0. The second-order valence-electron chi connectivity index (χ2n) is 3.12. The molecule has 0 aromatic rings. The molecule has 2 rings (SSSR count). The molecule has 2 aliphatic rings. The molecular formula is C5H8N6O4+2. The molecule has 0 radical (unpaired) electrons. The SMILES string of the molecule is O=C1NN[N+](=O)C1CC1C(=O)NN[N+]1=O. The Morgan fingerprint density at radius 2 is 1.33 bits per heavy atom. The third-order valence-electron chi connectivity index (χ3n) is 2.20. The minimum atomic E-state index is -1.09. The Morgan fingerprint density at radius 1 is 0.933 bits per heavy atom. The van der Waals surface area contributed by atoms with Crippen LogP contribution >= 0.6 is 0 Å². The molecule has 2 fully saturated rings. The monoisotopic (exact) mass is 216 g/mol. The molecule has 0 spiro atoms. The van der Waals surface area contributed by atoms with Crippen molar-refractivity contribution in [1.29, 1.82) is 0 Å². The highest BCUT2D eigenvalue weighted by molar-refractivity contribution is 5.84. The van der Waals surface area contributed by atoms with E-state index in [1.54, 1.807) is 0 Å². The lowest BCUT2D eigenvalue weighted by atomic mass is 10.1. The highest BCUT2D eigenvalue weighted by atomic mass is 16.4. The Hall–Kier alpha value is -2.26. The van der Waals surface area contributed by atoms with Gasteiger partial charge in [-0.1, -0.05) is 11.1 Å². The molecule has 2 unspecified atom stereocenters. The highest BCUT2D eigenvalue weighted by Gasteiger charge is 2.52. The lowest BCUT2D eigenvalue weighted by Gasteiger charge is -1.94. The number of hydrazine groups is 4. The van der Waals surface area contributed by atoms with Crippen LogP contribution in [0.15, 0.2) is 0 Å². The van der Waals surface area contributed by atoms with Crippen LogP contribution in [0, 0.1) is 9.81 Å². The number of nitrogens with zero attached hydrogens (tertiary/aromatic N) is 2. The average Bonchev–Trinajstić information content (AvgIpc) is 2.67. The standard InChI is InChI=1S/C5H6N6O4/c12-4-2(10(14)8-6-4)1-3-5(13)7-9-11(3)15/h2-3H,1H2,(H2-2,6,7,8,9,12,13,14,15)/p+2. The Balaban J connectivity index is 2.08. The summed E-state index contributed by atoms with van der Waals surface area (Å²) in [6.45, 7) is 0. The fraction of sp³-hybridized carbons (Fsp3) is 0.600. The van der Waals surface area contributed by atoms with E-state index in [0.29, 0.717) is 0 Å². The van der Waals surface area contributed by atoms with Crippen LogP contribution in [0.5, 0.6) is 0 Å². The van der Waals surface area contributed by atoms with Crippen molar-refractivity contribution in [3.8, 4) is 0 Å². The van der Waals surface area contributed by atoms with Gasteiger partial charge >= 0.3 is 23.9 Å². The van der Waals surface area contributed by atoms with Crippen molar-refractivity contribution in [2.75, 3.05) is 0 Å². The predicted molar refractivity (Wildman–Crippen MR) is 42.0 cm³/mol. The summed E-state index contributed by atoms with van der Waals surface area (Å²) in [5.41, 5.74) is 8.21. The van der Waals surface area contributed by atoms with Crippen LogP contribution in [0.4, 0.5) is 0 Å². The van der Waals surface area contributed by atoms with Gasteiger partial charge in [-0.25, -0.2) is 10.9 Å². The summed E-state index contributed by atoms with van der Waals surface area (Å²) in [7, 11) is 0. The number of hydrogen-bond donors (Lipinski definition) is 4. The molecule has 2 amide bonds. The van der Waals surface area contributed by atoms with Gasteiger partial charge < -0.3 is 0 Å². The molecule has 0 aromatic heterocycles. The highest BCUT2D eigenvalue weighted by Crippen LogP contribution is 2.09. The Kier molecular flexibility index (Phi) is 1.95. The topological polar surface area (TPSA) is 122 Å². The summed E-state index contributed by atoms with van der Waals surface area (Å²) in [6, 6.07) is -2.17. The summed E-state index contributed by atoms with van der Waals surface area (Å²) in [5.74, 6) is -1.14. The Labute approximate surface area is 82.4 Å². The van der Waals surface area contributed by atoms with Crippen LogP contribution in [-0.4, -0.2) is 33.6 Å². The molecule has 0 bridgehead atoms. The largest absolute Gasteiger partial charge is 0.322 e. The molecule has 80 valence electrons. The molecule has 2 heterocycles. The molecule has 2 saturated heterocycles. The molecule has 2 aliphatic heterocycles. The third-order valence-corrected chi connectivity index (χ3v) is 2.20. The first kappa shape index (κ1) is 9.30. The maximum absolute atomic E-state index is 11.1. The molecule has 0 aromatic carbocycles. The smallest absolute Gasteiger partial charge is 0.265 e. The van der Waals surface area contributed by atoms with E-state index in [1.807, 2.05) is 11.1 Å². The molecule has 0 saturated carbocycles. The predicted octanol–water partition coefficient (Wildman–Crippen LogP) is -3.23. The number of nitroso groups, excluding NO2 is 2. The van der Waals surface area contributed by atoms with Gasteiger partial charge in [-0.3, -0.25) is 9.59 Å². The van der Waals surface area contributed by atoms with Gasteiger partial charge in [0.2, 0.25) is 0 Å². The van der Waals surface area contributed by atoms with E-state index in [9.17, 15) is 19.4 Å². The number of carbonyl (C=O) groups is 2. The van der Waals surface area contributed by atoms with E-state index in [0.717, 1.165) is 0 Å². The molecule has 10 nitrogen and oxygen atoms in total. The first-order valence-corrected chi connectivity index (χ1v) is 4.13. The Bertz CT molecular complexity index is 301. The van der Waals surface area contributed by atoms with Gasteiger partial charge in [0, 0.05) is 0 Å². The number of carbonyl (C=O) groups excluding carboxylic acids is 2. The second kappa shape index (κ2) is 3.15. The van der Waals surface area contributed by atoms with Crippen molar-refractivity contribution in [3.05, 3.63) is 9.81 Å². The summed E-state index contributed by atoms with van der Waals surface area (Å²) in [5, 5.41) is 0. The number of amides is 2. The number of nitrogens with one attached hydrogen (secondary N) is 4. The van der Waals surface area contributed by atoms with Crippen LogP contribution in [0.1, 0.15) is 6.42 Å². The zero-order chi connectivity index (χ0) is 11.0. The minimum absolute atomic E-state index is 0.190. The summed E-state index contributed by atoms with van der Waals surface area (Å²) >= 11 is 0. The van der Waals surface area contributed by atoms with Crippen LogP contribution < -0.4 is 21.9 Å². The van der Waals surface area contributed by atoms with Gasteiger partial charge in [-0.05, 0) is 0 Å². The Morgan fingerprint density at radius 3 is 1.60 bits per heavy atom. The van der Waals surface area contributed by atoms with Crippen LogP contribution in [-0.2, 0) is 9.59 Å². The summed E-state index contributed by atoms with van der Waals surface area (Å²) in [6.07, 6.45) is -0.190. The first-order chi connectivity index (χ1) is 7.09. The summed E-state index contributed by atoms with van der Waals surface area (Å²) in [4.78, 5) is 44.8. The van der Waals surface area contributed by atoms with Crippen molar-refractivity contribution >= 4 is 11.8 Å². The van der Waals surface area contributed by atoms with E-state index in [2.05, 4.69) is 10.9 Å². The molecule has 15 heavy (non-hydrogen) atoms. The normalized spacial score (nSPS) is 29.6. The number of hydrogen-bond acceptors (Lipinski definition) is 4. The molecule has 0 aliphatic carbocycles. The molecular weight excluding hydrogens is 208 g/mol. The zero-order valence-corrected chi connectivity index (χ0v) is 7.39. The van der Waals surface area contributed by atoms with Crippen LogP contribution in [0.25, 0.3) is 0 Å². The van der Waals surface area contributed by atoms with E-state index in [-0.39, 0.29) is 16.2 Å². The lowest BCUT2D eigenvalue weighted by molar-refractivity contribution is -0.646. The zero-order valence-electron chi connectivity index (χ0n) is 7.39. The van der Waals surface area contributed by atoms with E-state index >= 15 is 0 Å². The van der Waals surface area contributed by atoms with Crippen LogP contribution in [0.2, 0.25) is 0 Å². The van der Waals surface area contributed by atoms with Gasteiger partial charge in [-0.2, -0.15) is 0 Å². The van der Waals surface area contributed by atoms with E-state index in [4.69, 9.17) is 0 Å². The third kappa shape index (κ3) is 1.45.